The van der Waals surface area contributed by atoms with Crippen molar-refractivity contribution in [2.45, 2.75) is 83.7 Å². The molecule has 8 heteroatoms. The molecular formula is C28H32F6O2. The summed E-state index contributed by atoms with van der Waals surface area (Å²) in [5.41, 5.74) is -0.0730. The van der Waals surface area contributed by atoms with Gasteiger partial charge in [0.05, 0.1) is 0 Å². The van der Waals surface area contributed by atoms with Gasteiger partial charge in [-0.3, -0.25) is 0 Å². The number of benzene rings is 2. The van der Waals surface area contributed by atoms with Crippen LogP contribution < -0.4 is 9.47 Å². The van der Waals surface area contributed by atoms with Crippen LogP contribution >= 0.6 is 0 Å². The van der Waals surface area contributed by atoms with Gasteiger partial charge in [0.2, 0.25) is 0 Å². The van der Waals surface area contributed by atoms with Crippen LogP contribution in [0, 0.1) is 41.0 Å². The number of rotatable bonds is 8. The van der Waals surface area contributed by atoms with Gasteiger partial charge in [-0.25, -0.2) is 17.6 Å². The normalized spacial score (nSPS) is 24.7. The summed E-state index contributed by atoms with van der Waals surface area (Å²) in [6.45, 7) is -1.19. The summed E-state index contributed by atoms with van der Waals surface area (Å²) in [7, 11) is 0. The number of hydrogen-bond donors (Lipinski definition) is 0. The number of ether oxygens (including phenoxy) is 2. The van der Waals surface area contributed by atoms with Gasteiger partial charge >= 0.3 is 6.61 Å². The van der Waals surface area contributed by atoms with Crippen LogP contribution in [-0.2, 0) is 0 Å². The minimum absolute atomic E-state index is 0.0730. The minimum Gasteiger partial charge on any atom is -0.454 e. The van der Waals surface area contributed by atoms with Crippen molar-refractivity contribution >= 4 is 0 Å². The molecule has 2 nitrogen and oxygen atoms in total. The SMILES string of the molecule is CCCC1CCC(C2CCC(c3c(F)ccc(Oc4cc(F)c(OC(F)F)c(F)c4)c3F)CC2)CC1. The fraction of sp³-hybridized carbons (Fsp3) is 0.571. The predicted octanol–water partition coefficient (Wildman–Crippen LogP) is 9.52. The summed E-state index contributed by atoms with van der Waals surface area (Å²) in [5, 5.41) is 0. The van der Waals surface area contributed by atoms with Gasteiger partial charge in [-0.05, 0) is 74.3 Å². The van der Waals surface area contributed by atoms with Crippen molar-refractivity contribution in [3.8, 4) is 17.2 Å². The van der Waals surface area contributed by atoms with Crippen molar-refractivity contribution in [3.63, 3.8) is 0 Å². The molecule has 0 bridgehead atoms. The Labute approximate surface area is 208 Å². The summed E-state index contributed by atoms with van der Waals surface area (Å²) >= 11 is 0. The Hall–Kier alpha value is -2.38. The van der Waals surface area contributed by atoms with Crippen LogP contribution in [0.5, 0.6) is 17.2 Å². The van der Waals surface area contributed by atoms with Gasteiger partial charge in [0, 0.05) is 17.7 Å². The summed E-state index contributed by atoms with van der Waals surface area (Å²) in [6.07, 6.45) is 10.7. The van der Waals surface area contributed by atoms with Gasteiger partial charge < -0.3 is 9.47 Å². The first-order valence-corrected chi connectivity index (χ1v) is 12.9. The standard InChI is InChI=1S/C28H32F6O2/c1-2-3-16-4-6-17(7-5-16)18-8-10-19(11-9-18)25-21(29)12-13-24(26(25)32)35-20-14-22(30)27(23(31)15-20)36-28(33)34/h12-19,28H,2-11H2,1H3. The highest BCUT2D eigenvalue weighted by atomic mass is 19.3. The maximum Gasteiger partial charge on any atom is 0.387 e. The number of alkyl halides is 2. The lowest BCUT2D eigenvalue weighted by Crippen LogP contribution is -2.26. The largest absolute Gasteiger partial charge is 0.454 e. The highest BCUT2D eigenvalue weighted by Gasteiger charge is 2.33. The molecular weight excluding hydrogens is 482 g/mol. The topological polar surface area (TPSA) is 18.5 Å². The third-order valence-corrected chi connectivity index (χ3v) is 7.93. The molecule has 2 aliphatic rings. The molecule has 0 atom stereocenters. The molecule has 0 aromatic heterocycles. The lowest BCUT2D eigenvalue weighted by molar-refractivity contribution is -0.0547. The van der Waals surface area contributed by atoms with Crippen LogP contribution in [0.3, 0.4) is 0 Å². The van der Waals surface area contributed by atoms with Gasteiger partial charge in [-0.2, -0.15) is 8.78 Å². The van der Waals surface area contributed by atoms with E-state index in [0.717, 1.165) is 30.9 Å². The fourth-order valence-corrected chi connectivity index (χ4v) is 6.16. The highest BCUT2D eigenvalue weighted by Crippen LogP contribution is 2.46. The Balaban J connectivity index is 1.43. The van der Waals surface area contributed by atoms with Crippen LogP contribution in [-0.4, -0.2) is 6.61 Å². The van der Waals surface area contributed by atoms with E-state index in [2.05, 4.69) is 11.7 Å². The molecule has 36 heavy (non-hydrogen) atoms. The molecule has 0 aliphatic heterocycles. The number of hydrogen-bond acceptors (Lipinski definition) is 2. The Morgan fingerprint density at radius 2 is 1.39 bits per heavy atom. The molecule has 0 amide bonds. The predicted molar refractivity (Wildman–Crippen MR) is 124 cm³/mol. The molecule has 4 rings (SSSR count). The quantitative estimate of drug-likeness (QED) is 0.327. The average molecular weight is 515 g/mol. The molecule has 2 saturated carbocycles. The van der Waals surface area contributed by atoms with Crippen LogP contribution in [0.15, 0.2) is 24.3 Å². The first-order chi connectivity index (χ1) is 17.3. The van der Waals surface area contributed by atoms with Crippen molar-refractivity contribution in [2.75, 3.05) is 0 Å². The second-order valence-corrected chi connectivity index (χ2v) is 10.2. The molecule has 2 aromatic rings. The van der Waals surface area contributed by atoms with E-state index in [-0.39, 0.29) is 17.2 Å². The second-order valence-electron chi connectivity index (χ2n) is 10.2. The third kappa shape index (κ3) is 6.12. The van der Waals surface area contributed by atoms with E-state index in [9.17, 15) is 22.0 Å². The maximum atomic E-state index is 15.3. The zero-order chi connectivity index (χ0) is 25.8. The van der Waals surface area contributed by atoms with Gasteiger partial charge in [-0.15, -0.1) is 0 Å². The Bertz CT molecular complexity index is 1000. The van der Waals surface area contributed by atoms with Crippen LogP contribution in [0.1, 0.15) is 82.6 Å². The van der Waals surface area contributed by atoms with Crippen molar-refractivity contribution in [1.82, 2.24) is 0 Å². The molecule has 2 aromatic carbocycles. The molecule has 2 aliphatic carbocycles. The Morgan fingerprint density at radius 1 is 0.806 bits per heavy atom. The molecule has 0 radical (unpaired) electrons. The number of halogens is 6. The lowest BCUT2D eigenvalue weighted by Gasteiger charge is -2.38. The Kier molecular flexibility index (Phi) is 8.73. The first kappa shape index (κ1) is 26.7. The minimum atomic E-state index is -3.41. The van der Waals surface area contributed by atoms with Crippen molar-refractivity contribution < 1.29 is 35.8 Å². The van der Waals surface area contributed by atoms with Crippen molar-refractivity contribution in [3.05, 3.63) is 53.1 Å². The fourth-order valence-electron chi connectivity index (χ4n) is 6.16. The molecule has 0 spiro atoms. The van der Waals surface area contributed by atoms with E-state index in [0.29, 0.717) is 36.8 Å². The third-order valence-electron chi connectivity index (χ3n) is 7.93. The van der Waals surface area contributed by atoms with E-state index in [4.69, 9.17) is 4.74 Å². The summed E-state index contributed by atoms with van der Waals surface area (Å²) in [6, 6.07) is 3.36. The molecule has 0 heterocycles. The van der Waals surface area contributed by atoms with Crippen LogP contribution in [0.25, 0.3) is 0 Å². The molecule has 198 valence electrons. The highest BCUT2D eigenvalue weighted by molar-refractivity contribution is 5.41. The van der Waals surface area contributed by atoms with E-state index in [1.165, 1.54) is 38.5 Å². The Morgan fingerprint density at radius 3 is 1.94 bits per heavy atom. The smallest absolute Gasteiger partial charge is 0.387 e. The van der Waals surface area contributed by atoms with Crippen LogP contribution in [0.4, 0.5) is 26.3 Å². The van der Waals surface area contributed by atoms with E-state index in [1.807, 2.05) is 0 Å². The maximum absolute atomic E-state index is 15.3. The molecule has 2 fully saturated rings. The molecule has 0 unspecified atom stereocenters. The van der Waals surface area contributed by atoms with Gasteiger partial charge in [0.1, 0.15) is 11.6 Å². The average Bonchev–Trinajstić information content (AvgIpc) is 2.84. The zero-order valence-corrected chi connectivity index (χ0v) is 20.4. The van der Waals surface area contributed by atoms with E-state index < -0.39 is 41.4 Å². The molecule has 0 saturated heterocycles. The van der Waals surface area contributed by atoms with Gasteiger partial charge in [0.15, 0.2) is 29.0 Å². The van der Waals surface area contributed by atoms with E-state index in [1.54, 1.807) is 0 Å². The monoisotopic (exact) mass is 514 g/mol. The summed E-state index contributed by atoms with van der Waals surface area (Å²) in [5.74, 6) is -4.74. The lowest BCUT2D eigenvalue weighted by atomic mass is 9.68. The van der Waals surface area contributed by atoms with Gasteiger partial charge in [0.25, 0.3) is 0 Å². The van der Waals surface area contributed by atoms with Crippen LogP contribution in [0.2, 0.25) is 0 Å². The molecule has 0 N–H and O–H groups in total. The van der Waals surface area contributed by atoms with Crippen molar-refractivity contribution in [1.29, 1.82) is 0 Å². The first-order valence-electron chi connectivity index (χ1n) is 12.9. The zero-order valence-electron chi connectivity index (χ0n) is 20.4. The van der Waals surface area contributed by atoms with E-state index >= 15 is 4.39 Å². The van der Waals surface area contributed by atoms with Crippen molar-refractivity contribution in [2.24, 2.45) is 17.8 Å². The summed E-state index contributed by atoms with van der Waals surface area (Å²) in [4.78, 5) is 0. The van der Waals surface area contributed by atoms with Gasteiger partial charge in [-0.1, -0.05) is 32.6 Å². The second kappa shape index (κ2) is 11.8. The summed E-state index contributed by atoms with van der Waals surface area (Å²) < 4.78 is 91.9.